The number of aliphatic carboxylic acids is 1. The molecule has 162 valence electrons. The van der Waals surface area contributed by atoms with Crippen LogP contribution in [0.1, 0.15) is 22.8 Å². The molecule has 10 heteroatoms. The number of ether oxygens (including phenoxy) is 2. The number of benzene rings is 2. The van der Waals surface area contributed by atoms with Gasteiger partial charge in [-0.05, 0) is 59.2 Å². The number of hydrogen-bond donors (Lipinski definition) is 2. The van der Waals surface area contributed by atoms with Crippen molar-refractivity contribution in [2.45, 2.75) is 19.6 Å². The minimum absolute atomic E-state index is 0.146. The summed E-state index contributed by atoms with van der Waals surface area (Å²) in [4.78, 5) is 27.8. The average molecular weight is 434 g/mol. The zero-order chi connectivity index (χ0) is 22.5. The largest absolute Gasteiger partial charge is 0.479 e. The number of nitrogens with one attached hydrogen (secondary N) is 1. The van der Waals surface area contributed by atoms with Gasteiger partial charge < -0.3 is 19.9 Å². The van der Waals surface area contributed by atoms with E-state index in [2.05, 4.69) is 25.2 Å². The smallest absolute Gasteiger partial charge is 0.344 e. The molecule has 10 nitrogen and oxygen atoms in total. The van der Waals surface area contributed by atoms with Crippen molar-refractivity contribution in [1.29, 1.82) is 0 Å². The fourth-order valence-electron chi connectivity index (χ4n) is 2.80. The predicted molar refractivity (Wildman–Crippen MR) is 111 cm³/mol. The number of carbonyl (C=O) groups is 2. The molecule has 4 aromatic rings. The van der Waals surface area contributed by atoms with Crippen molar-refractivity contribution in [1.82, 2.24) is 20.6 Å². The maximum absolute atomic E-state index is 12.7. The lowest BCUT2D eigenvalue weighted by Crippen LogP contribution is -2.24. The zero-order valence-corrected chi connectivity index (χ0v) is 16.9. The summed E-state index contributed by atoms with van der Waals surface area (Å²) in [6.45, 7) is 1.70. The Balaban J connectivity index is 1.41. The Morgan fingerprint density at radius 3 is 2.59 bits per heavy atom. The van der Waals surface area contributed by atoms with E-state index in [1.807, 2.05) is 0 Å². The zero-order valence-electron chi connectivity index (χ0n) is 16.9. The average Bonchev–Trinajstić information content (AvgIpc) is 3.26. The molecule has 0 spiro atoms. The van der Waals surface area contributed by atoms with Gasteiger partial charge in [0.15, 0.2) is 6.10 Å². The molecule has 0 saturated heterocycles. The third-order valence-electron chi connectivity index (χ3n) is 4.49. The van der Waals surface area contributed by atoms with Crippen LogP contribution >= 0.6 is 0 Å². The molecule has 2 heterocycles. The van der Waals surface area contributed by atoms with Gasteiger partial charge in [-0.2, -0.15) is 0 Å². The maximum Gasteiger partial charge on any atom is 0.344 e. The van der Waals surface area contributed by atoms with E-state index in [1.54, 1.807) is 54.6 Å². The Kier molecular flexibility index (Phi) is 5.93. The van der Waals surface area contributed by atoms with Crippen LogP contribution in [-0.2, 0) is 11.3 Å². The van der Waals surface area contributed by atoms with Gasteiger partial charge in [0.05, 0.1) is 0 Å². The lowest BCUT2D eigenvalue weighted by atomic mass is 10.2. The van der Waals surface area contributed by atoms with Crippen molar-refractivity contribution in [2.75, 3.05) is 0 Å². The number of rotatable bonds is 8. The van der Waals surface area contributed by atoms with Gasteiger partial charge >= 0.3 is 5.97 Å². The number of fused-ring (bicyclic) bond motifs is 1. The Morgan fingerprint density at radius 2 is 1.81 bits per heavy atom. The topological polar surface area (TPSA) is 137 Å². The first kappa shape index (κ1) is 20.8. The van der Waals surface area contributed by atoms with Crippen LogP contribution < -0.4 is 14.8 Å². The first-order chi connectivity index (χ1) is 15.5. The quantitative estimate of drug-likeness (QED) is 0.428. The lowest BCUT2D eigenvalue weighted by Gasteiger charge is -2.12. The summed E-state index contributed by atoms with van der Waals surface area (Å²) >= 11 is 0. The number of carboxylic acid groups (broad SMARTS) is 1. The van der Waals surface area contributed by atoms with Gasteiger partial charge in [-0.3, -0.25) is 4.79 Å². The second-order valence-corrected chi connectivity index (χ2v) is 6.80. The number of hydrogen-bond acceptors (Lipinski definition) is 8. The molecular formula is C22H18N4O6. The maximum atomic E-state index is 12.7. The van der Waals surface area contributed by atoms with Crippen molar-refractivity contribution < 1.29 is 28.8 Å². The molecule has 0 aliphatic heterocycles. The second kappa shape index (κ2) is 9.13. The standard InChI is InChI=1S/C22H18N4O6/c1-13(22(28)29)30-15-6-4-14(5-7-15)12-24-20(27)17-3-2-10-23-21(17)31-16-8-9-18-19(11-16)26-32-25-18/h2-11,13H,12H2,1H3,(H,24,27)(H,28,29). The van der Waals surface area contributed by atoms with E-state index < -0.39 is 12.1 Å². The van der Waals surface area contributed by atoms with Gasteiger partial charge in [0.1, 0.15) is 28.1 Å². The molecule has 1 amide bonds. The van der Waals surface area contributed by atoms with E-state index in [-0.39, 0.29) is 23.9 Å². The molecule has 1 atom stereocenters. The van der Waals surface area contributed by atoms with E-state index in [0.717, 1.165) is 5.56 Å². The molecule has 4 rings (SSSR count). The number of carboxylic acids is 1. The van der Waals surface area contributed by atoms with Crippen molar-refractivity contribution in [3.8, 4) is 17.4 Å². The van der Waals surface area contributed by atoms with E-state index in [9.17, 15) is 9.59 Å². The van der Waals surface area contributed by atoms with Crippen molar-refractivity contribution in [2.24, 2.45) is 0 Å². The highest BCUT2D eigenvalue weighted by molar-refractivity contribution is 5.96. The molecule has 1 unspecified atom stereocenters. The van der Waals surface area contributed by atoms with E-state index in [0.29, 0.717) is 22.5 Å². The van der Waals surface area contributed by atoms with Crippen molar-refractivity contribution >= 4 is 22.9 Å². The SMILES string of the molecule is CC(Oc1ccc(CNC(=O)c2cccnc2Oc2ccc3nonc3c2)cc1)C(=O)O. The summed E-state index contributed by atoms with van der Waals surface area (Å²) < 4.78 is 15.8. The molecule has 0 bridgehead atoms. The van der Waals surface area contributed by atoms with Crippen LogP contribution in [0.4, 0.5) is 0 Å². The minimum Gasteiger partial charge on any atom is -0.479 e. The fraction of sp³-hybridized carbons (Fsp3) is 0.136. The highest BCUT2D eigenvalue weighted by atomic mass is 16.6. The second-order valence-electron chi connectivity index (χ2n) is 6.80. The third-order valence-corrected chi connectivity index (χ3v) is 4.49. The summed E-state index contributed by atoms with van der Waals surface area (Å²) in [7, 11) is 0. The molecule has 2 aromatic heterocycles. The summed E-state index contributed by atoms with van der Waals surface area (Å²) in [5, 5.41) is 19.2. The molecule has 0 aliphatic rings. The van der Waals surface area contributed by atoms with Gasteiger partial charge in [-0.1, -0.05) is 12.1 Å². The Hall–Kier alpha value is -4.47. The Morgan fingerprint density at radius 1 is 1.06 bits per heavy atom. The molecule has 0 saturated carbocycles. The van der Waals surface area contributed by atoms with Crippen LogP contribution in [0.2, 0.25) is 0 Å². The van der Waals surface area contributed by atoms with Crippen LogP contribution in [0.15, 0.2) is 65.4 Å². The van der Waals surface area contributed by atoms with Crippen LogP contribution in [-0.4, -0.2) is 38.4 Å². The summed E-state index contributed by atoms with van der Waals surface area (Å²) in [6, 6.07) is 15.0. The van der Waals surface area contributed by atoms with E-state index >= 15 is 0 Å². The monoisotopic (exact) mass is 434 g/mol. The van der Waals surface area contributed by atoms with Crippen molar-refractivity contribution in [3.63, 3.8) is 0 Å². The Labute approximate surface area is 181 Å². The lowest BCUT2D eigenvalue weighted by molar-refractivity contribution is -0.144. The van der Waals surface area contributed by atoms with E-state index in [4.69, 9.17) is 14.6 Å². The van der Waals surface area contributed by atoms with Gasteiger partial charge in [-0.15, -0.1) is 0 Å². The molecular weight excluding hydrogens is 416 g/mol. The molecule has 0 aliphatic carbocycles. The summed E-state index contributed by atoms with van der Waals surface area (Å²) in [6.07, 6.45) is 0.574. The van der Waals surface area contributed by atoms with Crippen LogP contribution in [0.3, 0.4) is 0 Å². The van der Waals surface area contributed by atoms with Crippen LogP contribution in [0, 0.1) is 0 Å². The third kappa shape index (κ3) is 4.81. The van der Waals surface area contributed by atoms with Gasteiger partial charge in [-0.25, -0.2) is 14.4 Å². The normalized spacial score (nSPS) is 11.7. The predicted octanol–water partition coefficient (Wildman–Crippen LogP) is 3.19. The first-order valence-electron chi connectivity index (χ1n) is 9.61. The molecule has 2 N–H and O–H groups in total. The first-order valence-corrected chi connectivity index (χ1v) is 9.61. The van der Waals surface area contributed by atoms with Crippen LogP contribution in [0.5, 0.6) is 17.4 Å². The number of carbonyl (C=O) groups excluding carboxylic acids is 1. The van der Waals surface area contributed by atoms with Gasteiger partial charge in [0.2, 0.25) is 5.88 Å². The number of amides is 1. The minimum atomic E-state index is -1.05. The summed E-state index contributed by atoms with van der Waals surface area (Å²) in [5.41, 5.74) is 2.19. The number of pyridine rings is 1. The molecule has 2 aromatic carbocycles. The van der Waals surface area contributed by atoms with Gasteiger partial charge in [0, 0.05) is 18.8 Å². The van der Waals surface area contributed by atoms with Gasteiger partial charge in [0.25, 0.3) is 5.91 Å². The highest BCUT2D eigenvalue weighted by Gasteiger charge is 2.15. The molecule has 0 radical (unpaired) electrons. The van der Waals surface area contributed by atoms with Crippen LogP contribution in [0.25, 0.3) is 11.0 Å². The summed E-state index contributed by atoms with van der Waals surface area (Å²) in [5.74, 6) is -0.401. The van der Waals surface area contributed by atoms with Crippen molar-refractivity contribution in [3.05, 3.63) is 71.9 Å². The molecule has 32 heavy (non-hydrogen) atoms. The van der Waals surface area contributed by atoms with E-state index in [1.165, 1.54) is 13.1 Å². The number of aromatic nitrogens is 3. The highest BCUT2D eigenvalue weighted by Crippen LogP contribution is 2.25. The number of nitrogens with zero attached hydrogens (tertiary/aromatic N) is 3. The fourth-order valence-corrected chi connectivity index (χ4v) is 2.80. The Bertz CT molecular complexity index is 1250. The molecule has 0 fully saturated rings.